The lowest BCUT2D eigenvalue weighted by Gasteiger charge is -2.40. The number of rotatable bonds is 2. The van der Waals surface area contributed by atoms with Gasteiger partial charge >= 0.3 is 0 Å². The second kappa shape index (κ2) is 4.77. The van der Waals surface area contributed by atoms with Crippen molar-refractivity contribution in [3.8, 4) is 0 Å². The van der Waals surface area contributed by atoms with E-state index in [0.29, 0.717) is 48.7 Å². The predicted octanol–water partition coefficient (Wildman–Crippen LogP) is 0.926. The number of hydrogen-bond donors (Lipinski definition) is 1. The Morgan fingerprint density at radius 2 is 1.68 bits per heavy atom. The molecule has 2 heterocycles. The van der Waals surface area contributed by atoms with Gasteiger partial charge in [0.2, 0.25) is 10.0 Å². The smallest absolute Gasteiger partial charge is 0.243 e. The van der Waals surface area contributed by atoms with Crippen LogP contribution in [-0.2, 0) is 14.8 Å². The Morgan fingerprint density at radius 1 is 1.11 bits per heavy atom. The molecule has 5 nitrogen and oxygen atoms in total. The zero-order chi connectivity index (χ0) is 13.5. The molecule has 2 N–H and O–H groups in total. The van der Waals surface area contributed by atoms with Gasteiger partial charge in [-0.1, -0.05) is 0 Å². The van der Waals surface area contributed by atoms with Crippen molar-refractivity contribution in [2.24, 2.45) is 11.8 Å². The molecular weight excluding hydrogens is 264 g/mol. The van der Waals surface area contributed by atoms with Gasteiger partial charge in [0.25, 0.3) is 0 Å². The molecule has 2 fully saturated rings. The molecule has 2 atom stereocenters. The Morgan fingerprint density at radius 3 is 2.26 bits per heavy atom. The highest BCUT2D eigenvalue weighted by molar-refractivity contribution is 7.89. The van der Waals surface area contributed by atoms with Crippen LogP contribution in [0.5, 0.6) is 0 Å². The lowest BCUT2D eigenvalue weighted by atomic mass is 9.89. The van der Waals surface area contributed by atoms with Crippen LogP contribution < -0.4 is 5.73 Å². The first-order chi connectivity index (χ1) is 9.05. The van der Waals surface area contributed by atoms with Gasteiger partial charge in [0, 0.05) is 18.8 Å². The van der Waals surface area contributed by atoms with E-state index in [1.54, 1.807) is 28.6 Å². The second-order valence-electron chi connectivity index (χ2n) is 5.40. The van der Waals surface area contributed by atoms with Crippen LogP contribution in [0.2, 0.25) is 0 Å². The number of nitrogen functional groups attached to an aromatic ring is 1. The molecule has 2 bridgehead atoms. The number of benzene rings is 1. The van der Waals surface area contributed by atoms with Gasteiger partial charge < -0.3 is 10.5 Å². The van der Waals surface area contributed by atoms with E-state index in [4.69, 9.17) is 10.5 Å². The molecule has 0 aliphatic carbocycles. The predicted molar refractivity (Wildman–Crippen MR) is 72.0 cm³/mol. The number of ether oxygens (including phenoxy) is 1. The summed E-state index contributed by atoms with van der Waals surface area (Å²) in [6.07, 6.45) is 1.08. The third-order valence-electron chi connectivity index (χ3n) is 3.82. The summed E-state index contributed by atoms with van der Waals surface area (Å²) in [5.41, 5.74) is 6.17. The minimum atomic E-state index is -3.40. The molecule has 3 rings (SSSR count). The molecule has 0 spiro atoms. The number of hydrogen-bond acceptors (Lipinski definition) is 4. The zero-order valence-electron chi connectivity index (χ0n) is 10.7. The molecule has 2 saturated heterocycles. The maximum atomic E-state index is 12.6. The number of fused-ring (bicyclic) bond motifs is 2. The van der Waals surface area contributed by atoms with E-state index in [2.05, 4.69) is 0 Å². The SMILES string of the molecule is Nc1ccc(S(=O)(=O)N2CC3COCC(C3)C2)cc1. The summed E-state index contributed by atoms with van der Waals surface area (Å²) in [4.78, 5) is 0.322. The molecule has 1 aromatic rings. The molecule has 2 unspecified atom stereocenters. The van der Waals surface area contributed by atoms with Crippen molar-refractivity contribution in [2.75, 3.05) is 32.0 Å². The van der Waals surface area contributed by atoms with Crippen molar-refractivity contribution < 1.29 is 13.2 Å². The summed E-state index contributed by atoms with van der Waals surface area (Å²) in [5.74, 6) is 0.659. The highest BCUT2D eigenvalue weighted by Gasteiger charge is 2.37. The minimum absolute atomic E-state index is 0.322. The summed E-state index contributed by atoms with van der Waals surface area (Å²) >= 11 is 0. The van der Waals surface area contributed by atoms with Crippen LogP contribution in [0.25, 0.3) is 0 Å². The topological polar surface area (TPSA) is 72.6 Å². The molecule has 19 heavy (non-hydrogen) atoms. The van der Waals surface area contributed by atoms with E-state index in [0.717, 1.165) is 6.42 Å². The van der Waals surface area contributed by atoms with Crippen LogP contribution in [0.1, 0.15) is 6.42 Å². The largest absolute Gasteiger partial charge is 0.399 e. The van der Waals surface area contributed by atoms with Crippen molar-refractivity contribution in [3.05, 3.63) is 24.3 Å². The van der Waals surface area contributed by atoms with E-state index < -0.39 is 10.0 Å². The van der Waals surface area contributed by atoms with Crippen molar-refractivity contribution in [1.82, 2.24) is 4.31 Å². The number of nitrogens with zero attached hydrogens (tertiary/aromatic N) is 1. The average Bonchev–Trinajstić information content (AvgIpc) is 2.38. The monoisotopic (exact) mass is 282 g/mol. The van der Waals surface area contributed by atoms with Crippen LogP contribution in [0, 0.1) is 11.8 Å². The number of sulfonamides is 1. The first kappa shape index (κ1) is 12.9. The van der Waals surface area contributed by atoms with Crippen LogP contribution >= 0.6 is 0 Å². The molecule has 1 aromatic carbocycles. The standard InChI is InChI=1S/C13H18N2O3S/c14-12-1-3-13(4-2-12)19(16,17)15-6-10-5-11(7-15)9-18-8-10/h1-4,10-11H,5-9,14H2. The van der Waals surface area contributed by atoms with Crippen molar-refractivity contribution in [1.29, 1.82) is 0 Å². The third kappa shape index (κ3) is 2.48. The van der Waals surface area contributed by atoms with E-state index >= 15 is 0 Å². The van der Waals surface area contributed by atoms with Gasteiger partial charge in [-0.2, -0.15) is 4.31 Å². The van der Waals surface area contributed by atoms with Crippen molar-refractivity contribution in [3.63, 3.8) is 0 Å². The molecule has 6 heteroatoms. The fourth-order valence-electron chi connectivity index (χ4n) is 2.90. The van der Waals surface area contributed by atoms with E-state index in [-0.39, 0.29) is 0 Å². The molecule has 0 aromatic heterocycles. The van der Waals surface area contributed by atoms with Gasteiger partial charge in [0.1, 0.15) is 0 Å². The molecule has 2 aliphatic rings. The fraction of sp³-hybridized carbons (Fsp3) is 0.538. The summed E-state index contributed by atoms with van der Waals surface area (Å²) < 4.78 is 32.2. The maximum absolute atomic E-state index is 12.6. The first-order valence-electron chi connectivity index (χ1n) is 6.49. The molecule has 0 radical (unpaired) electrons. The zero-order valence-corrected chi connectivity index (χ0v) is 11.5. The number of nitrogens with two attached hydrogens (primary N) is 1. The van der Waals surface area contributed by atoms with Crippen LogP contribution in [0.4, 0.5) is 5.69 Å². The molecule has 0 saturated carbocycles. The summed E-state index contributed by atoms with van der Waals surface area (Å²) in [6.45, 7) is 2.46. The van der Waals surface area contributed by atoms with Crippen LogP contribution in [0.3, 0.4) is 0 Å². The lowest BCUT2D eigenvalue weighted by molar-refractivity contribution is -0.0208. The molecular formula is C13H18N2O3S. The summed E-state index contributed by atoms with van der Waals surface area (Å²) in [6, 6.07) is 6.40. The highest BCUT2D eigenvalue weighted by atomic mass is 32.2. The first-order valence-corrected chi connectivity index (χ1v) is 7.93. The van der Waals surface area contributed by atoms with Gasteiger partial charge in [-0.25, -0.2) is 8.42 Å². The molecule has 2 aliphatic heterocycles. The Labute approximate surface area is 113 Å². The maximum Gasteiger partial charge on any atom is 0.243 e. The van der Waals surface area contributed by atoms with E-state index in [1.807, 2.05) is 0 Å². The average molecular weight is 282 g/mol. The fourth-order valence-corrected chi connectivity index (χ4v) is 4.49. The summed E-state index contributed by atoms with van der Waals surface area (Å²) in [7, 11) is -3.40. The summed E-state index contributed by atoms with van der Waals surface area (Å²) in [5, 5.41) is 0. The second-order valence-corrected chi connectivity index (χ2v) is 7.33. The van der Waals surface area contributed by atoms with Gasteiger partial charge in [0.15, 0.2) is 0 Å². The van der Waals surface area contributed by atoms with Crippen molar-refractivity contribution >= 4 is 15.7 Å². The van der Waals surface area contributed by atoms with Gasteiger partial charge in [-0.15, -0.1) is 0 Å². The number of piperidine rings is 1. The van der Waals surface area contributed by atoms with Crippen LogP contribution in [0.15, 0.2) is 29.2 Å². The van der Waals surface area contributed by atoms with Gasteiger partial charge in [-0.3, -0.25) is 0 Å². The lowest BCUT2D eigenvalue weighted by Crippen LogP contribution is -2.48. The van der Waals surface area contributed by atoms with Gasteiger partial charge in [0.05, 0.1) is 18.1 Å². The van der Waals surface area contributed by atoms with Gasteiger partial charge in [-0.05, 0) is 42.5 Å². The molecule has 0 amide bonds. The Kier molecular flexibility index (Phi) is 3.24. The number of anilines is 1. The van der Waals surface area contributed by atoms with E-state index in [1.165, 1.54) is 0 Å². The Balaban J connectivity index is 1.86. The Hall–Kier alpha value is -1.11. The van der Waals surface area contributed by atoms with E-state index in [9.17, 15) is 8.42 Å². The third-order valence-corrected chi connectivity index (χ3v) is 5.66. The van der Waals surface area contributed by atoms with Crippen molar-refractivity contribution in [2.45, 2.75) is 11.3 Å². The molecule has 104 valence electrons. The Bertz CT molecular complexity index is 544. The quantitative estimate of drug-likeness (QED) is 0.819. The normalized spacial score (nSPS) is 28.2. The highest BCUT2D eigenvalue weighted by Crippen LogP contribution is 2.30. The van der Waals surface area contributed by atoms with Crippen LogP contribution in [-0.4, -0.2) is 39.0 Å². The minimum Gasteiger partial charge on any atom is -0.399 e.